The van der Waals surface area contributed by atoms with E-state index in [1.54, 1.807) is 0 Å². The summed E-state index contributed by atoms with van der Waals surface area (Å²) < 4.78 is 0.321. The minimum absolute atomic E-state index is 0.0562. The average Bonchev–Trinajstić information content (AvgIpc) is 2.84. The van der Waals surface area contributed by atoms with Gasteiger partial charge in [0.25, 0.3) is 5.91 Å². The molecule has 1 amide bonds. The van der Waals surface area contributed by atoms with Gasteiger partial charge in [0, 0.05) is 13.1 Å². The van der Waals surface area contributed by atoms with Crippen LogP contribution in [0.15, 0.2) is 0 Å². The van der Waals surface area contributed by atoms with E-state index in [4.69, 9.17) is 11.6 Å². The number of hydrogen-bond donors (Lipinski definition) is 0. The molecule has 2 rings (SSSR count). The zero-order valence-corrected chi connectivity index (χ0v) is 12.3. The van der Waals surface area contributed by atoms with E-state index in [0.29, 0.717) is 15.5 Å². The number of hydrogen-bond acceptors (Lipinski definition) is 4. The summed E-state index contributed by atoms with van der Waals surface area (Å²) in [6.45, 7) is 2.24. The van der Waals surface area contributed by atoms with Crippen LogP contribution in [0.1, 0.15) is 48.8 Å². The Balaban J connectivity index is 1.95. The molecule has 0 unspecified atom stereocenters. The fraction of sp³-hybridized carbons (Fsp3) is 0.750. The standard InChI is InChI=1S/C12H18ClN3OS/c1-3-8-4-6-9(7-5-8)16(2)11(17)10-14-15-12(13)18-10/h8-9H,3-7H2,1-2H3. The van der Waals surface area contributed by atoms with E-state index in [9.17, 15) is 4.79 Å². The maximum atomic E-state index is 12.2. The number of rotatable bonds is 3. The number of carbonyl (C=O) groups excluding carboxylic acids is 1. The molecule has 1 aliphatic rings. The molecule has 1 aromatic heterocycles. The van der Waals surface area contributed by atoms with E-state index >= 15 is 0 Å². The molecule has 1 fully saturated rings. The lowest BCUT2D eigenvalue weighted by Crippen LogP contribution is -2.39. The van der Waals surface area contributed by atoms with Gasteiger partial charge in [0.15, 0.2) is 0 Å². The first-order valence-corrected chi connectivity index (χ1v) is 7.57. The largest absolute Gasteiger partial charge is 0.337 e. The van der Waals surface area contributed by atoms with Crippen molar-refractivity contribution in [1.29, 1.82) is 0 Å². The second-order valence-electron chi connectivity index (χ2n) is 4.86. The minimum Gasteiger partial charge on any atom is -0.337 e. The molecular weight excluding hydrogens is 270 g/mol. The van der Waals surface area contributed by atoms with Gasteiger partial charge in [0.2, 0.25) is 9.47 Å². The fourth-order valence-corrected chi connectivity index (χ4v) is 3.36. The van der Waals surface area contributed by atoms with Crippen molar-refractivity contribution in [3.63, 3.8) is 0 Å². The van der Waals surface area contributed by atoms with Crippen LogP contribution in [0, 0.1) is 5.92 Å². The lowest BCUT2D eigenvalue weighted by Gasteiger charge is -2.33. The molecule has 6 heteroatoms. The van der Waals surface area contributed by atoms with Crippen molar-refractivity contribution in [3.8, 4) is 0 Å². The highest BCUT2D eigenvalue weighted by Crippen LogP contribution is 2.29. The molecule has 0 N–H and O–H groups in total. The zero-order chi connectivity index (χ0) is 13.1. The topological polar surface area (TPSA) is 46.1 Å². The molecule has 1 aliphatic carbocycles. The molecule has 0 spiro atoms. The van der Waals surface area contributed by atoms with Gasteiger partial charge in [0.1, 0.15) is 0 Å². The van der Waals surface area contributed by atoms with Crippen molar-refractivity contribution in [1.82, 2.24) is 15.1 Å². The molecule has 0 aliphatic heterocycles. The highest BCUT2D eigenvalue weighted by molar-refractivity contribution is 7.17. The van der Waals surface area contributed by atoms with E-state index in [2.05, 4.69) is 17.1 Å². The first-order valence-electron chi connectivity index (χ1n) is 6.38. The van der Waals surface area contributed by atoms with Crippen molar-refractivity contribution < 1.29 is 4.79 Å². The molecule has 0 bridgehead atoms. The maximum Gasteiger partial charge on any atom is 0.284 e. The van der Waals surface area contributed by atoms with Crippen LogP contribution in [0.2, 0.25) is 4.47 Å². The number of aromatic nitrogens is 2. The monoisotopic (exact) mass is 287 g/mol. The Kier molecular flexibility index (Phi) is 4.56. The third-order valence-corrected chi connectivity index (χ3v) is 4.85. The molecule has 0 aromatic carbocycles. The van der Waals surface area contributed by atoms with Crippen LogP contribution in [-0.4, -0.2) is 34.1 Å². The first-order chi connectivity index (χ1) is 8.61. The Morgan fingerprint density at radius 1 is 1.39 bits per heavy atom. The van der Waals surface area contributed by atoms with Gasteiger partial charge in [-0.2, -0.15) is 0 Å². The SMILES string of the molecule is CCC1CCC(N(C)C(=O)c2nnc(Cl)s2)CC1. The van der Waals surface area contributed by atoms with Crippen LogP contribution in [0.5, 0.6) is 0 Å². The van der Waals surface area contributed by atoms with Gasteiger partial charge in [-0.25, -0.2) is 0 Å². The van der Waals surface area contributed by atoms with Crippen LogP contribution >= 0.6 is 22.9 Å². The number of carbonyl (C=O) groups is 1. The summed E-state index contributed by atoms with van der Waals surface area (Å²) in [5.74, 6) is 0.778. The first kappa shape index (κ1) is 13.7. The Morgan fingerprint density at radius 2 is 2.06 bits per heavy atom. The van der Waals surface area contributed by atoms with E-state index in [0.717, 1.165) is 30.1 Å². The maximum absolute atomic E-state index is 12.2. The van der Waals surface area contributed by atoms with Crippen LogP contribution in [-0.2, 0) is 0 Å². The molecule has 1 heterocycles. The smallest absolute Gasteiger partial charge is 0.284 e. The summed E-state index contributed by atoms with van der Waals surface area (Å²) in [6.07, 6.45) is 5.86. The molecule has 0 saturated heterocycles. The number of halogens is 1. The van der Waals surface area contributed by atoms with Gasteiger partial charge in [-0.15, -0.1) is 10.2 Å². The van der Waals surface area contributed by atoms with Gasteiger partial charge >= 0.3 is 0 Å². The van der Waals surface area contributed by atoms with Gasteiger partial charge in [-0.1, -0.05) is 24.7 Å². The quantitative estimate of drug-likeness (QED) is 0.857. The number of amides is 1. The minimum atomic E-state index is -0.0562. The molecule has 0 radical (unpaired) electrons. The van der Waals surface area contributed by atoms with Crippen LogP contribution < -0.4 is 0 Å². The van der Waals surface area contributed by atoms with Crippen molar-refractivity contribution >= 4 is 28.8 Å². The lowest BCUT2D eigenvalue weighted by atomic mass is 9.84. The zero-order valence-electron chi connectivity index (χ0n) is 10.7. The summed E-state index contributed by atoms with van der Waals surface area (Å²) in [4.78, 5) is 14.0. The van der Waals surface area contributed by atoms with Crippen LogP contribution in [0.4, 0.5) is 0 Å². The molecule has 1 saturated carbocycles. The Morgan fingerprint density at radius 3 is 2.56 bits per heavy atom. The summed E-state index contributed by atoms with van der Waals surface area (Å²) >= 11 is 6.85. The molecule has 0 atom stereocenters. The molecule has 1 aromatic rings. The Bertz CT molecular complexity index is 415. The lowest BCUT2D eigenvalue weighted by molar-refractivity contribution is 0.0673. The molecule has 18 heavy (non-hydrogen) atoms. The van der Waals surface area contributed by atoms with E-state index in [1.165, 1.54) is 19.3 Å². The second-order valence-corrected chi connectivity index (χ2v) is 6.42. The highest BCUT2D eigenvalue weighted by Gasteiger charge is 2.27. The summed E-state index contributed by atoms with van der Waals surface area (Å²) in [6, 6.07) is 0.336. The normalized spacial score (nSPS) is 23.9. The van der Waals surface area contributed by atoms with Crippen molar-refractivity contribution in [2.45, 2.75) is 45.1 Å². The number of nitrogens with zero attached hydrogens (tertiary/aromatic N) is 3. The summed E-state index contributed by atoms with van der Waals surface area (Å²) in [5, 5.41) is 7.87. The third-order valence-electron chi connectivity index (χ3n) is 3.84. The van der Waals surface area contributed by atoms with Crippen molar-refractivity contribution in [3.05, 3.63) is 9.47 Å². The van der Waals surface area contributed by atoms with E-state index in [-0.39, 0.29) is 5.91 Å². The second kappa shape index (κ2) is 5.97. The predicted octanol–water partition coefficient (Wildman–Crippen LogP) is 3.23. The Labute approximate surface area is 116 Å². The van der Waals surface area contributed by atoms with Crippen molar-refractivity contribution in [2.75, 3.05) is 7.05 Å². The molecule has 100 valence electrons. The third kappa shape index (κ3) is 3.01. The fourth-order valence-electron chi connectivity index (χ4n) is 2.55. The van der Waals surface area contributed by atoms with E-state index < -0.39 is 0 Å². The van der Waals surface area contributed by atoms with Crippen molar-refractivity contribution in [2.24, 2.45) is 5.92 Å². The highest BCUT2D eigenvalue weighted by atomic mass is 35.5. The van der Waals surface area contributed by atoms with Gasteiger partial charge in [-0.05, 0) is 43.2 Å². The van der Waals surface area contributed by atoms with Crippen LogP contribution in [0.25, 0.3) is 0 Å². The van der Waals surface area contributed by atoms with Gasteiger partial charge < -0.3 is 4.90 Å². The average molecular weight is 288 g/mol. The molecule has 4 nitrogen and oxygen atoms in total. The van der Waals surface area contributed by atoms with Gasteiger partial charge in [-0.3, -0.25) is 4.79 Å². The van der Waals surface area contributed by atoms with Crippen LogP contribution in [0.3, 0.4) is 0 Å². The van der Waals surface area contributed by atoms with Gasteiger partial charge in [0.05, 0.1) is 0 Å². The van der Waals surface area contributed by atoms with E-state index in [1.807, 2.05) is 11.9 Å². The summed E-state index contributed by atoms with van der Waals surface area (Å²) in [5.41, 5.74) is 0. The Hall–Kier alpha value is -0.680. The summed E-state index contributed by atoms with van der Waals surface area (Å²) in [7, 11) is 1.86. The predicted molar refractivity (Wildman–Crippen MR) is 73.0 cm³/mol. The molecular formula is C12H18ClN3OS.